The monoisotopic (exact) mass is 481 g/mol. The minimum atomic E-state index is -0.386. The zero-order chi connectivity index (χ0) is 23.1. The van der Waals surface area contributed by atoms with Crippen molar-refractivity contribution < 1.29 is 9.47 Å². The SMILES string of the molecule is C=CCn1c(S[C@@H](C)c2nc3sc(C)c(C)c3c(=O)[nH]2)nnc1[C@@H]1COc2ccccc2O1. The Morgan fingerprint density at radius 2 is 2.12 bits per heavy atom. The van der Waals surface area contributed by atoms with Gasteiger partial charge < -0.3 is 14.5 Å². The number of benzene rings is 1. The second-order valence-electron chi connectivity index (χ2n) is 7.78. The molecule has 1 aliphatic heterocycles. The average Bonchev–Trinajstić information content (AvgIpc) is 3.33. The minimum Gasteiger partial charge on any atom is -0.485 e. The molecule has 170 valence electrons. The number of hydrogen-bond donors (Lipinski definition) is 1. The lowest BCUT2D eigenvalue weighted by atomic mass is 10.2. The minimum absolute atomic E-state index is 0.107. The van der Waals surface area contributed by atoms with Crippen molar-refractivity contribution in [2.75, 3.05) is 6.61 Å². The zero-order valence-electron chi connectivity index (χ0n) is 18.5. The van der Waals surface area contributed by atoms with Crippen LogP contribution in [-0.2, 0) is 6.54 Å². The predicted molar refractivity (Wildman–Crippen MR) is 130 cm³/mol. The van der Waals surface area contributed by atoms with E-state index >= 15 is 0 Å². The van der Waals surface area contributed by atoms with E-state index in [1.165, 1.54) is 11.8 Å². The van der Waals surface area contributed by atoms with Crippen LogP contribution in [-0.4, -0.2) is 31.3 Å². The highest BCUT2D eigenvalue weighted by Gasteiger charge is 2.29. The lowest BCUT2D eigenvalue weighted by molar-refractivity contribution is 0.0821. The summed E-state index contributed by atoms with van der Waals surface area (Å²) in [7, 11) is 0. The summed E-state index contributed by atoms with van der Waals surface area (Å²) in [6, 6.07) is 7.57. The number of aryl methyl sites for hydroxylation is 2. The number of para-hydroxylation sites is 2. The van der Waals surface area contributed by atoms with Gasteiger partial charge in [-0.05, 0) is 38.5 Å². The Morgan fingerprint density at radius 3 is 2.91 bits per heavy atom. The number of ether oxygens (including phenoxy) is 2. The molecule has 0 spiro atoms. The highest BCUT2D eigenvalue weighted by molar-refractivity contribution is 7.99. The number of hydrogen-bond acceptors (Lipinski definition) is 8. The Hall–Kier alpha value is -3.11. The van der Waals surface area contributed by atoms with Crippen LogP contribution in [0.4, 0.5) is 0 Å². The molecule has 3 aromatic heterocycles. The number of thiophene rings is 1. The van der Waals surface area contributed by atoms with Crippen molar-refractivity contribution in [3.8, 4) is 11.5 Å². The summed E-state index contributed by atoms with van der Waals surface area (Å²) in [5.41, 5.74) is 0.881. The number of nitrogens with one attached hydrogen (secondary N) is 1. The maximum Gasteiger partial charge on any atom is 0.259 e. The Balaban J connectivity index is 1.43. The summed E-state index contributed by atoms with van der Waals surface area (Å²) in [6.07, 6.45) is 1.41. The Bertz CT molecular complexity index is 1410. The number of rotatable bonds is 6. The fourth-order valence-electron chi connectivity index (χ4n) is 3.75. The summed E-state index contributed by atoms with van der Waals surface area (Å²) < 4.78 is 14.0. The molecule has 33 heavy (non-hydrogen) atoms. The fraction of sp³-hybridized carbons (Fsp3) is 0.304. The first kappa shape index (κ1) is 21.7. The summed E-state index contributed by atoms with van der Waals surface area (Å²) >= 11 is 3.02. The number of thioether (sulfide) groups is 1. The van der Waals surface area contributed by atoms with Gasteiger partial charge in [-0.1, -0.05) is 30.0 Å². The van der Waals surface area contributed by atoms with Gasteiger partial charge in [-0.15, -0.1) is 28.1 Å². The van der Waals surface area contributed by atoms with Crippen molar-refractivity contribution in [2.45, 2.75) is 43.8 Å². The fourth-order valence-corrected chi connectivity index (χ4v) is 5.71. The molecule has 0 saturated heterocycles. The largest absolute Gasteiger partial charge is 0.485 e. The van der Waals surface area contributed by atoms with Gasteiger partial charge in [0.25, 0.3) is 5.56 Å². The Kier molecular flexibility index (Phi) is 5.71. The van der Waals surface area contributed by atoms with Crippen molar-refractivity contribution in [3.05, 3.63) is 69.4 Å². The highest BCUT2D eigenvalue weighted by atomic mass is 32.2. The van der Waals surface area contributed by atoms with E-state index in [-0.39, 0.29) is 16.9 Å². The van der Waals surface area contributed by atoms with Crippen molar-refractivity contribution >= 4 is 33.3 Å². The van der Waals surface area contributed by atoms with Crippen LogP contribution in [0.5, 0.6) is 11.5 Å². The molecule has 0 unspecified atom stereocenters. The highest BCUT2D eigenvalue weighted by Crippen LogP contribution is 2.38. The Labute approximate surface area is 198 Å². The molecular formula is C23H23N5O3S2. The summed E-state index contributed by atoms with van der Waals surface area (Å²) in [5, 5.41) is 10.0. The predicted octanol–water partition coefficient (Wildman–Crippen LogP) is 4.74. The number of allylic oxidation sites excluding steroid dienone is 1. The van der Waals surface area contributed by atoms with Crippen molar-refractivity contribution in [1.82, 2.24) is 24.7 Å². The van der Waals surface area contributed by atoms with E-state index in [0.717, 1.165) is 21.0 Å². The lowest BCUT2D eigenvalue weighted by Gasteiger charge is -2.26. The van der Waals surface area contributed by atoms with Crippen molar-refractivity contribution in [1.29, 1.82) is 0 Å². The van der Waals surface area contributed by atoms with Gasteiger partial charge in [0.2, 0.25) is 0 Å². The molecule has 2 atom stereocenters. The van der Waals surface area contributed by atoms with Gasteiger partial charge in [0.15, 0.2) is 28.6 Å². The zero-order valence-corrected chi connectivity index (χ0v) is 20.1. The molecule has 5 rings (SSSR count). The number of aromatic amines is 1. The van der Waals surface area contributed by atoms with Gasteiger partial charge >= 0.3 is 0 Å². The molecule has 0 aliphatic carbocycles. The first-order valence-electron chi connectivity index (χ1n) is 10.5. The quantitative estimate of drug-likeness (QED) is 0.314. The third-order valence-electron chi connectivity index (χ3n) is 5.58. The summed E-state index contributed by atoms with van der Waals surface area (Å²) in [4.78, 5) is 22.2. The van der Waals surface area contributed by atoms with Crippen LogP contribution in [0, 0.1) is 13.8 Å². The summed E-state index contributed by atoms with van der Waals surface area (Å²) in [6.45, 7) is 10.7. The maximum absolute atomic E-state index is 12.7. The standard InChI is InChI=1S/C23H23N5O3S2/c1-5-10-28-20(17-11-30-15-8-6-7-9-16(15)31-17)26-27-23(28)33-14(4)19-24-21(29)18-12(2)13(3)32-22(18)25-19/h5-9,14,17H,1,10-11H2,2-4H3,(H,24,25,29)/t14-,17-/m0/s1. The molecule has 0 fully saturated rings. The van der Waals surface area contributed by atoms with Crippen molar-refractivity contribution in [2.24, 2.45) is 0 Å². The van der Waals surface area contributed by atoms with Gasteiger partial charge in [0, 0.05) is 11.4 Å². The number of nitrogens with zero attached hydrogens (tertiary/aromatic N) is 4. The van der Waals surface area contributed by atoms with E-state index in [2.05, 4.69) is 21.8 Å². The van der Waals surface area contributed by atoms with E-state index in [1.807, 2.05) is 49.6 Å². The van der Waals surface area contributed by atoms with Gasteiger partial charge in [0.05, 0.1) is 10.6 Å². The van der Waals surface area contributed by atoms with E-state index in [9.17, 15) is 4.79 Å². The second kappa shape index (κ2) is 8.68. The number of aromatic nitrogens is 5. The Morgan fingerprint density at radius 1 is 1.33 bits per heavy atom. The molecule has 10 heteroatoms. The topological polar surface area (TPSA) is 94.9 Å². The van der Waals surface area contributed by atoms with Crippen LogP contribution < -0.4 is 15.0 Å². The molecule has 1 aromatic carbocycles. The third-order valence-corrected chi connectivity index (χ3v) is 7.77. The van der Waals surface area contributed by atoms with E-state index < -0.39 is 0 Å². The van der Waals surface area contributed by atoms with Gasteiger partial charge in [-0.25, -0.2) is 4.98 Å². The third kappa shape index (κ3) is 3.93. The van der Waals surface area contributed by atoms with E-state index in [1.54, 1.807) is 17.4 Å². The smallest absolute Gasteiger partial charge is 0.259 e. The molecule has 4 aromatic rings. The second-order valence-corrected chi connectivity index (χ2v) is 10.3. The van der Waals surface area contributed by atoms with Gasteiger partial charge in [-0.3, -0.25) is 9.36 Å². The van der Waals surface area contributed by atoms with Crippen LogP contribution in [0.15, 0.2) is 46.9 Å². The van der Waals surface area contributed by atoms with Crippen LogP contribution in [0.25, 0.3) is 10.2 Å². The average molecular weight is 482 g/mol. The molecule has 0 amide bonds. The molecule has 0 bridgehead atoms. The van der Waals surface area contributed by atoms with E-state index in [4.69, 9.17) is 14.5 Å². The number of H-pyrrole nitrogens is 1. The number of fused-ring (bicyclic) bond motifs is 2. The first-order valence-corrected chi connectivity index (χ1v) is 12.2. The normalized spacial score (nSPS) is 16.2. The summed E-state index contributed by atoms with van der Waals surface area (Å²) in [5.74, 6) is 2.68. The molecule has 4 heterocycles. The molecule has 0 radical (unpaired) electrons. The molecular weight excluding hydrogens is 458 g/mol. The first-order chi connectivity index (χ1) is 16.0. The van der Waals surface area contributed by atoms with Crippen LogP contribution in [0.2, 0.25) is 0 Å². The van der Waals surface area contributed by atoms with Gasteiger partial charge in [0.1, 0.15) is 17.3 Å². The van der Waals surface area contributed by atoms with Gasteiger partial charge in [-0.2, -0.15) is 0 Å². The molecule has 8 nitrogen and oxygen atoms in total. The maximum atomic E-state index is 12.7. The molecule has 1 aliphatic rings. The lowest BCUT2D eigenvalue weighted by Crippen LogP contribution is -2.25. The van der Waals surface area contributed by atoms with Crippen LogP contribution in [0.1, 0.15) is 40.4 Å². The van der Waals surface area contributed by atoms with Crippen LogP contribution >= 0.6 is 23.1 Å². The molecule has 0 saturated carbocycles. The van der Waals surface area contributed by atoms with E-state index in [0.29, 0.717) is 41.1 Å². The van der Waals surface area contributed by atoms with Crippen LogP contribution in [0.3, 0.4) is 0 Å². The molecule has 1 N–H and O–H groups in total. The van der Waals surface area contributed by atoms with Crippen molar-refractivity contribution in [3.63, 3.8) is 0 Å².